The van der Waals surface area contributed by atoms with E-state index >= 15 is 0 Å². The van der Waals surface area contributed by atoms with Crippen LogP contribution in [-0.4, -0.2) is 48.9 Å². The van der Waals surface area contributed by atoms with Gasteiger partial charge in [0.25, 0.3) is 0 Å². The summed E-state index contributed by atoms with van der Waals surface area (Å²) in [5.74, 6) is -1.20. The number of rotatable bonds is 8. The zero-order valence-electron chi connectivity index (χ0n) is 11.4. The molecule has 0 unspecified atom stereocenters. The number of carboxylic acid groups (broad SMARTS) is 1. The summed E-state index contributed by atoms with van der Waals surface area (Å²) in [5, 5.41) is 19.7. The Morgan fingerprint density at radius 2 is 2.29 bits per heavy atom. The number of thiophene rings is 1. The van der Waals surface area contributed by atoms with E-state index in [0.717, 1.165) is 4.88 Å². The fourth-order valence-electron chi connectivity index (χ4n) is 2.02. The van der Waals surface area contributed by atoms with Crippen LogP contribution in [-0.2, 0) is 19.0 Å². The van der Waals surface area contributed by atoms with Crippen molar-refractivity contribution in [3.8, 4) is 0 Å². The first-order chi connectivity index (χ1) is 10.2. The Morgan fingerprint density at radius 1 is 1.43 bits per heavy atom. The van der Waals surface area contributed by atoms with Crippen molar-refractivity contribution >= 4 is 17.3 Å². The molecule has 116 valence electrons. The second kappa shape index (κ2) is 8.14. The largest absolute Gasteiger partial charge is 0.475 e. The first-order valence-electron chi connectivity index (χ1n) is 6.66. The lowest BCUT2D eigenvalue weighted by atomic mass is 10.00. The molecule has 2 N–H and O–H groups in total. The lowest BCUT2D eigenvalue weighted by molar-refractivity contribution is -0.160. The fraction of sp³-hybridized carbons (Fsp3) is 0.500. The SMILES string of the molecule is O=C(O)C1=C[C@@H](c2cccs2)C[C@@H](OCCOCCO)O1. The molecule has 2 heterocycles. The predicted octanol–water partition coefficient (Wildman–Crippen LogP) is 1.57. The molecule has 0 aromatic carbocycles. The maximum Gasteiger partial charge on any atom is 0.370 e. The average Bonchev–Trinajstić information content (AvgIpc) is 3.01. The van der Waals surface area contributed by atoms with Crippen LogP contribution in [0.25, 0.3) is 0 Å². The summed E-state index contributed by atoms with van der Waals surface area (Å²) >= 11 is 1.58. The van der Waals surface area contributed by atoms with Gasteiger partial charge in [-0.2, -0.15) is 0 Å². The topological polar surface area (TPSA) is 85.2 Å². The molecule has 1 aromatic heterocycles. The van der Waals surface area contributed by atoms with Gasteiger partial charge in [-0.25, -0.2) is 4.79 Å². The molecule has 0 saturated heterocycles. The van der Waals surface area contributed by atoms with Crippen molar-refractivity contribution in [3.63, 3.8) is 0 Å². The zero-order chi connectivity index (χ0) is 15.1. The Hall–Kier alpha value is -1.41. The maximum absolute atomic E-state index is 11.1. The molecule has 0 spiro atoms. The van der Waals surface area contributed by atoms with Gasteiger partial charge in [0.15, 0.2) is 0 Å². The number of ether oxygens (including phenoxy) is 3. The first kappa shape index (κ1) is 16.0. The molecule has 0 bridgehead atoms. The normalized spacial score (nSPS) is 21.7. The van der Waals surface area contributed by atoms with Crippen molar-refractivity contribution in [1.29, 1.82) is 0 Å². The zero-order valence-corrected chi connectivity index (χ0v) is 12.3. The molecule has 21 heavy (non-hydrogen) atoms. The van der Waals surface area contributed by atoms with E-state index in [4.69, 9.17) is 24.4 Å². The van der Waals surface area contributed by atoms with Gasteiger partial charge in [-0.05, 0) is 17.5 Å². The monoisotopic (exact) mass is 314 g/mol. The van der Waals surface area contributed by atoms with E-state index in [-0.39, 0.29) is 31.5 Å². The molecule has 0 fully saturated rings. The quantitative estimate of drug-likeness (QED) is 0.709. The van der Waals surface area contributed by atoms with Crippen LogP contribution < -0.4 is 0 Å². The van der Waals surface area contributed by atoms with Crippen LogP contribution in [0.4, 0.5) is 0 Å². The smallest absolute Gasteiger partial charge is 0.370 e. The lowest BCUT2D eigenvalue weighted by Gasteiger charge is -2.27. The molecule has 1 aliphatic rings. The third kappa shape index (κ3) is 4.82. The predicted molar refractivity (Wildman–Crippen MR) is 76.1 cm³/mol. The number of aliphatic carboxylic acids is 1. The molecule has 1 aromatic rings. The number of allylic oxidation sites excluding steroid dienone is 1. The molecular formula is C14H18O6S. The molecule has 2 atom stereocenters. The van der Waals surface area contributed by atoms with Crippen LogP contribution in [0.3, 0.4) is 0 Å². The molecular weight excluding hydrogens is 296 g/mol. The summed E-state index contributed by atoms with van der Waals surface area (Å²) in [7, 11) is 0. The van der Waals surface area contributed by atoms with Gasteiger partial charge >= 0.3 is 5.97 Å². The van der Waals surface area contributed by atoms with Crippen LogP contribution in [0, 0.1) is 0 Å². The second-order valence-corrected chi connectivity index (χ2v) is 5.43. The molecule has 2 rings (SSSR count). The number of aliphatic hydroxyl groups excluding tert-OH is 1. The fourth-order valence-corrected chi connectivity index (χ4v) is 2.83. The van der Waals surface area contributed by atoms with E-state index in [2.05, 4.69) is 0 Å². The number of hydrogen-bond donors (Lipinski definition) is 2. The van der Waals surface area contributed by atoms with Crippen molar-refractivity contribution in [2.45, 2.75) is 18.6 Å². The minimum atomic E-state index is -1.10. The van der Waals surface area contributed by atoms with Crippen LogP contribution in [0.2, 0.25) is 0 Å². The summed E-state index contributed by atoms with van der Waals surface area (Å²) in [6.07, 6.45) is 1.58. The van der Waals surface area contributed by atoms with Crippen molar-refractivity contribution in [1.82, 2.24) is 0 Å². The maximum atomic E-state index is 11.1. The number of carboxylic acids is 1. The van der Waals surface area contributed by atoms with Crippen LogP contribution in [0.15, 0.2) is 29.3 Å². The Bertz CT molecular complexity index is 470. The summed E-state index contributed by atoms with van der Waals surface area (Å²) in [4.78, 5) is 12.2. The van der Waals surface area contributed by atoms with Crippen LogP contribution >= 0.6 is 11.3 Å². The van der Waals surface area contributed by atoms with E-state index in [1.165, 1.54) is 0 Å². The minimum absolute atomic E-state index is 0.0202. The third-order valence-corrected chi connectivity index (χ3v) is 3.95. The number of hydrogen-bond acceptors (Lipinski definition) is 6. The van der Waals surface area contributed by atoms with Crippen molar-refractivity contribution in [2.24, 2.45) is 0 Å². The van der Waals surface area contributed by atoms with Gasteiger partial charge in [0, 0.05) is 17.2 Å². The number of carbonyl (C=O) groups is 1. The summed E-state index contributed by atoms with van der Waals surface area (Å²) in [6.45, 7) is 0.837. The lowest BCUT2D eigenvalue weighted by Crippen LogP contribution is -2.27. The molecule has 6 nitrogen and oxygen atoms in total. The van der Waals surface area contributed by atoms with Crippen molar-refractivity contribution < 1.29 is 29.2 Å². The first-order valence-corrected chi connectivity index (χ1v) is 7.54. The van der Waals surface area contributed by atoms with E-state index in [9.17, 15) is 4.79 Å². The third-order valence-electron chi connectivity index (χ3n) is 2.94. The summed E-state index contributed by atoms with van der Waals surface area (Å²) in [5.41, 5.74) is 0. The average molecular weight is 314 g/mol. The van der Waals surface area contributed by atoms with Gasteiger partial charge in [0.1, 0.15) is 0 Å². The Labute approximate surface area is 126 Å². The molecule has 0 amide bonds. The van der Waals surface area contributed by atoms with E-state index in [1.54, 1.807) is 17.4 Å². The molecule has 7 heteroatoms. The highest BCUT2D eigenvalue weighted by molar-refractivity contribution is 7.10. The number of aliphatic hydroxyl groups is 1. The second-order valence-electron chi connectivity index (χ2n) is 4.45. The molecule has 0 aliphatic carbocycles. The standard InChI is InChI=1S/C14H18O6S/c15-3-4-18-5-6-19-13-9-10(12-2-1-7-21-12)8-11(20-13)14(16)17/h1-2,7-8,10,13,15H,3-6,9H2,(H,16,17)/t10-,13+/m1/s1. The van der Waals surface area contributed by atoms with Gasteiger partial charge in [-0.1, -0.05) is 6.07 Å². The minimum Gasteiger partial charge on any atom is -0.475 e. The highest BCUT2D eigenvalue weighted by atomic mass is 32.1. The van der Waals surface area contributed by atoms with E-state index in [0.29, 0.717) is 13.0 Å². The molecule has 0 radical (unpaired) electrons. The van der Waals surface area contributed by atoms with Crippen LogP contribution in [0.5, 0.6) is 0 Å². The Morgan fingerprint density at radius 3 is 2.95 bits per heavy atom. The molecule has 0 saturated carbocycles. The van der Waals surface area contributed by atoms with E-state index < -0.39 is 12.3 Å². The van der Waals surface area contributed by atoms with E-state index in [1.807, 2.05) is 17.5 Å². The van der Waals surface area contributed by atoms with Crippen molar-refractivity contribution in [2.75, 3.05) is 26.4 Å². The Balaban J connectivity index is 1.92. The highest BCUT2D eigenvalue weighted by Crippen LogP contribution is 2.33. The van der Waals surface area contributed by atoms with Gasteiger partial charge in [0.05, 0.1) is 26.4 Å². The van der Waals surface area contributed by atoms with Gasteiger partial charge in [-0.3, -0.25) is 0 Å². The molecule has 1 aliphatic heterocycles. The van der Waals surface area contributed by atoms with Gasteiger partial charge < -0.3 is 24.4 Å². The van der Waals surface area contributed by atoms with Gasteiger partial charge in [0.2, 0.25) is 12.0 Å². The van der Waals surface area contributed by atoms with Crippen LogP contribution in [0.1, 0.15) is 17.2 Å². The summed E-state index contributed by atoms with van der Waals surface area (Å²) < 4.78 is 15.9. The highest BCUT2D eigenvalue weighted by Gasteiger charge is 2.28. The van der Waals surface area contributed by atoms with Gasteiger partial charge in [-0.15, -0.1) is 11.3 Å². The summed E-state index contributed by atoms with van der Waals surface area (Å²) in [6, 6.07) is 3.90. The van der Waals surface area contributed by atoms with Crippen molar-refractivity contribution in [3.05, 3.63) is 34.2 Å². The Kier molecular flexibility index (Phi) is 6.19.